The molecule has 0 amide bonds. The van der Waals surface area contributed by atoms with Gasteiger partial charge in [0.25, 0.3) is 0 Å². The van der Waals surface area contributed by atoms with Gasteiger partial charge in [-0.15, -0.1) is 5.10 Å². The van der Waals surface area contributed by atoms with E-state index in [1.807, 2.05) is 31.3 Å². The van der Waals surface area contributed by atoms with Crippen molar-refractivity contribution in [2.75, 3.05) is 11.9 Å². The lowest BCUT2D eigenvalue weighted by molar-refractivity contribution is -0.137. The predicted molar refractivity (Wildman–Crippen MR) is 126 cm³/mol. The van der Waals surface area contributed by atoms with Gasteiger partial charge < -0.3 is 14.5 Å². The smallest absolute Gasteiger partial charge is 0.416 e. The standard InChI is InChI=1S/C25H24F3N5O2/c1-18-15-22(34-14-2-12-33-13-11-30-32-33)8-9-23(18)29-16-21-17-35-24(31-21)10-5-19-3-6-20(7-4-19)25(26,27)28/h3-11,13,15,17,29H,2,12,14,16H2,1H3. The number of ether oxygens (including phenoxy) is 1. The number of anilines is 1. The topological polar surface area (TPSA) is 78.0 Å². The summed E-state index contributed by atoms with van der Waals surface area (Å²) in [5, 5.41) is 11.0. The molecule has 0 spiro atoms. The van der Waals surface area contributed by atoms with Gasteiger partial charge in [0.05, 0.1) is 30.6 Å². The minimum atomic E-state index is -4.35. The third-order valence-electron chi connectivity index (χ3n) is 5.16. The lowest BCUT2D eigenvalue weighted by atomic mass is 10.1. The molecule has 0 unspecified atom stereocenters. The van der Waals surface area contributed by atoms with E-state index < -0.39 is 11.7 Å². The summed E-state index contributed by atoms with van der Waals surface area (Å²) in [5.74, 6) is 1.16. The van der Waals surface area contributed by atoms with E-state index in [0.717, 1.165) is 42.1 Å². The third-order valence-corrected chi connectivity index (χ3v) is 5.16. The van der Waals surface area contributed by atoms with Crippen LogP contribution in [0.5, 0.6) is 5.75 Å². The summed E-state index contributed by atoms with van der Waals surface area (Å²) in [5.41, 5.74) is 2.61. The molecular formula is C25H24F3N5O2. The van der Waals surface area contributed by atoms with Crippen LogP contribution in [0.25, 0.3) is 12.2 Å². The van der Waals surface area contributed by atoms with Crippen molar-refractivity contribution in [2.45, 2.75) is 32.6 Å². The van der Waals surface area contributed by atoms with Crippen LogP contribution in [0.15, 0.2) is 65.5 Å². The lowest BCUT2D eigenvalue weighted by Crippen LogP contribution is -2.06. The molecule has 7 nitrogen and oxygen atoms in total. The molecule has 0 aliphatic carbocycles. The highest BCUT2D eigenvalue weighted by Gasteiger charge is 2.29. The number of halogens is 3. The highest BCUT2D eigenvalue weighted by atomic mass is 19.4. The van der Waals surface area contributed by atoms with Crippen LogP contribution in [-0.4, -0.2) is 26.6 Å². The predicted octanol–water partition coefficient (Wildman–Crippen LogP) is 5.84. The number of hydrogen-bond donors (Lipinski definition) is 1. The average molecular weight is 483 g/mol. The molecule has 35 heavy (non-hydrogen) atoms. The van der Waals surface area contributed by atoms with E-state index in [4.69, 9.17) is 9.15 Å². The molecule has 182 valence electrons. The Bertz CT molecular complexity index is 1250. The molecule has 0 saturated heterocycles. The van der Waals surface area contributed by atoms with Gasteiger partial charge in [0.2, 0.25) is 5.89 Å². The maximum Gasteiger partial charge on any atom is 0.416 e. The van der Waals surface area contributed by atoms with Crippen molar-refractivity contribution in [1.29, 1.82) is 0 Å². The second-order valence-corrected chi connectivity index (χ2v) is 7.83. The van der Waals surface area contributed by atoms with E-state index in [2.05, 4.69) is 20.6 Å². The number of rotatable bonds is 10. The van der Waals surface area contributed by atoms with Gasteiger partial charge in [0.1, 0.15) is 12.0 Å². The van der Waals surface area contributed by atoms with Crippen LogP contribution >= 0.6 is 0 Å². The Hall–Kier alpha value is -4.08. The zero-order valence-corrected chi connectivity index (χ0v) is 19.0. The van der Waals surface area contributed by atoms with Crippen molar-refractivity contribution in [3.05, 3.63) is 89.4 Å². The minimum Gasteiger partial charge on any atom is -0.494 e. The number of nitrogens with zero attached hydrogens (tertiary/aromatic N) is 4. The first kappa shape index (κ1) is 24.1. The van der Waals surface area contributed by atoms with Crippen LogP contribution in [0.3, 0.4) is 0 Å². The van der Waals surface area contributed by atoms with Crippen molar-refractivity contribution in [1.82, 2.24) is 20.0 Å². The van der Waals surface area contributed by atoms with E-state index in [9.17, 15) is 13.2 Å². The molecule has 1 N–H and O–H groups in total. The van der Waals surface area contributed by atoms with Crippen molar-refractivity contribution in [3.8, 4) is 5.75 Å². The molecule has 2 aromatic heterocycles. The van der Waals surface area contributed by atoms with E-state index in [-0.39, 0.29) is 0 Å². The number of nitrogens with one attached hydrogen (secondary N) is 1. The van der Waals surface area contributed by atoms with E-state index in [0.29, 0.717) is 30.3 Å². The summed E-state index contributed by atoms with van der Waals surface area (Å²) in [4.78, 5) is 4.38. The molecule has 2 heterocycles. The summed E-state index contributed by atoms with van der Waals surface area (Å²) in [6.45, 7) is 3.77. The van der Waals surface area contributed by atoms with Gasteiger partial charge in [0, 0.05) is 30.9 Å². The van der Waals surface area contributed by atoms with Gasteiger partial charge >= 0.3 is 6.18 Å². The quantitative estimate of drug-likeness (QED) is 0.285. The van der Waals surface area contributed by atoms with Crippen LogP contribution in [-0.2, 0) is 19.3 Å². The molecule has 0 aliphatic rings. The first-order chi connectivity index (χ1) is 16.9. The first-order valence-electron chi connectivity index (χ1n) is 11.0. The Balaban J connectivity index is 1.25. The van der Waals surface area contributed by atoms with Gasteiger partial charge in [-0.3, -0.25) is 4.68 Å². The summed E-state index contributed by atoms with van der Waals surface area (Å²) < 4.78 is 51.0. The SMILES string of the molecule is Cc1cc(OCCCn2ccnn2)ccc1NCc1coc(C=Cc2ccc(C(F)(F)F)cc2)n1. The summed E-state index contributed by atoms with van der Waals surface area (Å²) in [7, 11) is 0. The fraction of sp³-hybridized carbons (Fsp3) is 0.240. The van der Waals surface area contributed by atoms with Crippen LogP contribution in [0.2, 0.25) is 0 Å². The molecule has 0 radical (unpaired) electrons. The number of aryl methyl sites for hydroxylation is 2. The fourth-order valence-electron chi connectivity index (χ4n) is 3.31. The van der Waals surface area contributed by atoms with Gasteiger partial charge in [-0.1, -0.05) is 17.3 Å². The van der Waals surface area contributed by atoms with E-state index in [1.165, 1.54) is 12.1 Å². The van der Waals surface area contributed by atoms with Crippen LogP contribution in [0, 0.1) is 6.92 Å². The van der Waals surface area contributed by atoms with Crippen LogP contribution in [0.4, 0.5) is 18.9 Å². The highest BCUT2D eigenvalue weighted by molar-refractivity contribution is 5.66. The summed E-state index contributed by atoms with van der Waals surface area (Å²) >= 11 is 0. The van der Waals surface area contributed by atoms with Crippen molar-refractivity contribution < 1.29 is 22.3 Å². The van der Waals surface area contributed by atoms with Crippen molar-refractivity contribution >= 4 is 17.8 Å². The maximum atomic E-state index is 12.7. The Morgan fingerprint density at radius 2 is 1.94 bits per heavy atom. The lowest BCUT2D eigenvalue weighted by Gasteiger charge is -2.11. The monoisotopic (exact) mass is 483 g/mol. The van der Waals surface area contributed by atoms with Gasteiger partial charge in [0.15, 0.2) is 0 Å². The average Bonchev–Trinajstić information content (AvgIpc) is 3.52. The van der Waals surface area contributed by atoms with E-state index >= 15 is 0 Å². The largest absolute Gasteiger partial charge is 0.494 e. The number of aromatic nitrogens is 4. The number of oxazole rings is 1. The molecule has 0 aliphatic heterocycles. The normalized spacial score (nSPS) is 11.8. The molecule has 4 rings (SSSR count). The van der Waals surface area contributed by atoms with Crippen LogP contribution < -0.4 is 10.1 Å². The molecule has 0 atom stereocenters. The first-order valence-corrected chi connectivity index (χ1v) is 11.0. The second kappa shape index (κ2) is 10.9. The minimum absolute atomic E-state index is 0.369. The zero-order valence-electron chi connectivity index (χ0n) is 19.0. The highest BCUT2D eigenvalue weighted by Crippen LogP contribution is 2.29. The molecule has 4 aromatic rings. The third kappa shape index (κ3) is 6.95. The van der Waals surface area contributed by atoms with Crippen molar-refractivity contribution in [2.24, 2.45) is 0 Å². The molecule has 10 heteroatoms. The molecule has 0 fully saturated rings. The Kier molecular flexibility index (Phi) is 7.49. The molecular weight excluding hydrogens is 459 g/mol. The van der Waals surface area contributed by atoms with E-state index in [1.54, 1.807) is 29.3 Å². The molecule has 0 saturated carbocycles. The number of alkyl halides is 3. The van der Waals surface area contributed by atoms with Gasteiger partial charge in [-0.25, -0.2) is 4.98 Å². The van der Waals surface area contributed by atoms with Crippen LogP contribution in [0.1, 0.15) is 34.7 Å². The fourth-order valence-corrected chi connectivity index (χ4v) is 3.31. The van der Waals surface area contributed by atoms with Crippen molar-refractivity contribution in [3.63, 3.8) is 0 Å². The zero-order chi connectivity index (χ0) is 24.7. The summed E-state index contributed by atoms with van der Waals surface area (Å²) in [6.07, 6.45) is 4.75. The molecule has 0 bridgehead atoms. The van der Waals surface area contributed by atoms with Gasteiger partial charge in [-0.2, -0.15) is 13.2 Å². The maximum absolute atomic E-state index is 12.7. The Morgan fingerprint density at radius 1 is 1.11 bits per heavy atom. The van der Waals surface area contributed by atoms with Gasteiger partial charge in [-0.05, 0) is 54.5 Å². The number of hydrogen-bond acceptors (Lipinski definition) is 6. The second-order valence-electron chi connectivity index (χ2n) is 7.83. The summed E-state index contributed by atoms with van der Waals surface area (Å²) in [6, 6.07) is 10.7. The molecule has 2 aromatic carbocycles. The number of benzene rings is 2. The Labute approximate surface area is 200 Å². The Morgan fingerprint density at radius 3 is 2.66 bits per heavy atom.